The number of aromatic nitrogens is 1. The molecule has 0 fully saturated rings. The number of Topliss-reactive ketones (excluding diaryl/α,β-unsaturated/α-hetero) is 1. The molecule has 28 heavy (non-hydrogen) atoms. The van der Waals surface area contributed by atoms with Crippen LogP contribution in [-0.2, 0) is 4.79 Å². The molecule has 0 saturated heterocycles. The number of amides is 2. The first-order valence-electron chi connectivity index (χ1n) is 8.61. The summed E-state index contributed by atoms with van der Waals surface area (Å²) in [5.41, 5.74) is 2.99. The van der Waals surface area contributed by atoms with Crippen LogP contribution in [0.5, 0.6) is 0 Å². The van der Waals surface area contributed by atoms with Gasteiger partial charge < -0.3 is 10.6 Å². The van der Waals surface area contributed by atoms with Gasteiger partial charge in [-0.15, -0.1) is 11.3 Å². The molecule has 3 aromatic rings. The highest BCUT2D eigenvalue weighted by atomic mass is 32.1. The molecule has 0 aliphatic rings. The van der Waals surface area contributed by atoms with E-state index in [1.54, 1.807) is 36.4 Å². The number of thiazole rings is 1. The molecule has 0 saturated carbocycles. The predicted molar refractivity (Wildman–Crippen MR) is 111 cm³/mol. The molecule has 3 rings (SSSR count). The zero-order chi connectivity index (χ0) is 20.3. The molecule has 142 valence electrons. The maximum atomic E-state index is 12.6. The molecule has 2 N–H and O–H groups in total. The Labute approximate surface area is 166 Å². The molecular formula is C21H19N3O3S. The molecule has 0 bridgehead atoms. The quantitative estimate of drug-likeness (QED) is 0.623. The number of nitrogens with one attached hydrogen (secondary N) is 2. The molecule has 0 radical (unpaired) electrons. The topological polar surface area (TPSA) is 88.2 Å². The summed E-state index contributed by atoms with van der Waals surface area (Å²) in [4.78, 5) is 40.5. The number of hydrogen-bond donors (Lipinski definition) is 2. The van der Waals surface area contributed by atoms with Gasteiger partial charge in [-0.1, -0.05) is 12.1 Å². The van der Waals surface area contributed by atoms with Crippen LogP contribution in [0.2, 0.25) is 0 Å². The molecule has 7 heteroatoms. The van der Waals surface area contributed by atoms with E-state index >= 15 is 0 Å². The number of benzene rings is 2. The molecule has 0 aliphatic carbocycles. The van der Waals surface area contributed by atoms with E-state index in [4.69, 9.17) is 0 Å². The SMILES string of the molecule is CC(=O)Nc1ccc(-c2nc(C(=O)Nc3cccc(C(C)=O)c3)c(C)s2)cc1. The first kappa shape index (κ1) is 19.4. The Hall–Kier alpha value is -3.32. The van der Waals surface area contributed by atoms with Crippen LogP contribution in [0.4, 0.5) is 11.4 Å². The van der Waals surface area contributed by atoms with Gasteiger partial charge in [-0.05, 0) is 50.2 Å². The maximum Gasteiger partial charge on any atom is 0.275 e. The van der Waals surface area contributed by atoms with Crippen LogP contribution in [0.1, 0.15) is 39.6 Å². The number of ketones is 1. The Kier molecular flexibility index (Phi) is 5.65. The van der Waals surface area contributed by atoms with Gasteiger partial charge >= 0.3 is 0 Å². The molecule has 2 aromatic carbocycles. The van der Waals surface area contributed by atoms with Gasteiger partial charge in [0.1, 0.15) is 10.7 Å². The summed E-state index contributed by atoms with van der Waals surface area (Å²) in [7, 11) is 0. The third-order valence-corrected chi connectivity index (χ3v) is 5.01. The van der Waals surface area contributed by atoms with E-state index in [2.05, 4.69) is 15.6 Å². The number of aryl methyl sites for hydroxylation is 1. The summed E-state index contributed by atoms with van der Waals surface area (Å²) >= 11 is 1.42. The van der Waals surface area contributed by atoms with Crippen LogP contribution in [0.15, 0.2) is 48.5 Å². The minimum atomic E-state index is -0.324. The van der Waals surface area contributed by atoms with Crippen LogP contribution >= 0.6 is 11.3 Å². The summed E-state index contributed by atoms with van der Waals surface area (Å²) in [6, 6.07) is 14.1. The Bertz CT molecular complexity index is 1060. The lowest BCUT2D eigenvalue weighted by atomic mass is 10.1. The number of carbonyl (C=O) groups excluding carboxylic acids is 3. The fourth-order valence-corrected chi connectivity index (χ4v) is 3.55. The van der Waals surface area contributed by atoms with E-state index in [0.29, 0.717) is 22.6 Å². The lowest BCUT2D eigenvalue weighted by Gasteiger charge is -2.05. The first-order chi connectivity index (χ1) is 13.3. The highest BCUT2D eigenvalue weighted by molar-refractivity contribution is 7.15. The lowest BCUT2D eigenvalue weighted by Crippen LogP contribution is -2.13. The normalized spacial score (nSPS) is 10.4. The van der Waals surface area contributed by atoms with Crippen molar-refractivity contribution in [1.29, 1.82) is 0 Å². The average Bonchev–Trinajstić information content (AvgIpc) is 3.04. The van der Waals surface area contributed by atoms with Crippen molar-refractivity contribution >= 4 is 40.3 Å². The smallest absolute Gasteiger partial charge is 0.275 e. The maximum absolute atomic E-state index is 12.6. The Balaban J connectivity index is 1.80. The van der Waals surface area contributed by atoms with Crippen molar-refractivity contribution in [2.24, 2.45) is 0 Å². The molecule has 1 heterocycles. The van der Waals surface area contributed by atoms with E-state index in [-0.39, 0.29) is 17.6 Å². The van der Waals surface area contributed by atoms with Crippen LogP contribution in [-0.4, -0.2) is 22.6 Å². The largest absolute Gasteiger partial charge is 0.326 e. The molecule has 0 aliphatic heterocycles. The minimum Gasteiger partial charge on any atom is -0.326 e. The van der Waals surface area contributed by atoms with E-state index in [1.807, 2.05) is 19.1 Å². The van der Waals surface area contributed by atoms with Gasteiger partial charge in [0, 0.05) is 34.3 Å². The fraction of sp³-hybridized carbons (Fsp3) is 0.143. The second-order valence-electron chi connectivity index (χ2n) is 6.27. The van der Waals surface area contributed by atoms with Crippen LogP contribution in [0.25, 0.3) is 10.6 Å². The number of carbonyl (C=O) groups is 3. The van der Waals surface area contributed by atoms with Gasteiger partial charge in [0.05, 0.1) is 0 Å². The van der Waals surface area contributed by atoms with E-state index in [9.17, 15) is 14.4 Å². The predicted octanol–water partition coefficient (Wildman–Crippen LogP) is 4.53. The van der Waals surface area contributed by atoms with Crippen LogP contribution in [0.3, 0.4) is 0 Å². The van der Waals surface area contributed by atoms with Gasteiger partial charge in [0.25, 0.3) is 5.91 Å². The van der Waals surface area contributed by atoms with Gasteiger partial charge in [-0.2, -0.15) is 0 Å². The second-order valence-corrected chi connectivity index (χ2v) is 7.48. The number of hydrogen-bond acceptors (Lipinski definition) is 5. The number of rotatable bonds is 5. The van der Waals surface area contributed by atoms with Crippen LogP contribution in [0, 0.1) is 6.92 Å². The summed E-state index contributed by atoms with van der Waals surface area (Å²) in [6.07, 6.45) is 0. The van der Waals surface area contributed by atoms with Gasteiger partial charge in [-0.3, -0.25) is 14.4 Å². The molecule has 0 spiro atoms. The Morgan fingerprint density at radius 3 is 2.29 bits per heavy atom. The van der Waals surface area contributed by atoms with Crippen molar-refractivity contribution in [3.8, 4) is 10.6 Å². The Morgan fingerprint density at radius 1 is 0.929 bits per heavy atom. The van der Waals surface area contributed by atoms with Crippen LogP contribution < -0.4 is 10.6 Å². The molecule has 6 nitrogen and oxygen atoms in total. The summed E-state index contributed by atoms with van der Waals surface area (Å²) < 4.78 is 0. The highest BCUT2D eigenvalue weighted by Gasteiger charge is 2.17. The number of anilines is 2. The van der Waals surface area contributed by atoms with Crippen molar-refractivity contribution < 1.29 is 14.4 Å². The fourth-order valence-electron chi connectivity index (χ4n) is 2.64. The monoisotopic (exact) mass is 393 g/mol. The van der Waals surface area contributed by atoms with Crippen molar-refractivity contribution in [3.63, 3.8) is 0 Å². The second kappa shape index (κ2) is 8.14. The van der Waals surface area contributed by atoms with E-state index in [0.717, 1.165) is 15.4 Å². The third kappa shape index (κ3) is 4.50. The number of nitrogens with zero attached hydrogens (tertiary/aromatic N) is 1. The van der Waals surface area contributed by atoms with Crippen molar-refractivity contribution in [2.75, 3.05) is 10.6 Å². The minimum absolute atomic E-state index is 0.0640. The Morgan fingerprint density at radius 2 is 1.64 bits per heavy atom. The van der Waals surface area contributed by atoms with Gasteiger partial charge in [-0.25, -0.2) is 4.98 Å². The third-order valence-electron chi connectivity index (χ3n) is 3.99. The highest BCUT2D eigenvalue weighted by Crippen LogP contribution is 2.29. The molecule has 0 unspecified atom stereocenters. The van der Waals surface area contributed by atoms with Gasteiger partial charge in [0.2, 0.25) is 5.91 Å². The summed E-state index contributed by atoms with van der Waals surface area (Å²) in [5, 5.41) is 6.23. The van der Waals surface area contributed by atoms with E-state index < -0.39 is 0 Å². The van der Waals surface area contributed by atoms with E-state index in [1.165, 1.54) is 25.2 Å². The van der Waals surface area contributed by atoms with Gasteiger partial charge in [0.15, 0.2) is 5.78 Å². The molecular weight excluding hydrogens is 374 g/mol. The zero-order valence-electron chi connectivity index (χ0n) is 15.7. The molecule has 0 atom stereocenters. The summed E-state index contributed by atoms with van der Waals surface area (Å²) in [5.74, 6) is -0.521. The molecule has 2 amide bonds. The summed E-state index contributed by atoms with van der Waals surface area (Å²) in [6.45, 7) is 4.78. The lowest BCUT2D eigenvalue weighted by molar-refractivity contribution is -0.114. The van der Waals surface area contributed by atoms with Crippen molar-refractivity contribution in [1.82, 2.24) is 4.98 Å². The molecule has 1 aromatic heterocycles. The first-order valence-corrected chi connectivity index (χ1v) is 9.43. The zero-order valence-corrected chi connectivity index (χ0v) is 16.5. The van der Waals surface area contributed by atoms with Crippen molar-refractivity contribution in [2.45, 2.75) is 20.8 Å². The van der Waals surface area contributed by atoms with Crippen molar-refractivity contribution in [3.05, 3.63) is 64.7 Å². The average molecular weight is 393 g/mol. The standard InChI is InChI=1S/C21H19N3O3S/c1-12(25)16-5-4-6-18(11-16)23-20(27)19-13(2)28-21(24-19)15-7-9-17(10-8-15)22-14(3)26/h4-11H,1-3H3,(H,22,26)(H,23,27).